The van der Waals surface area contributed by atoms with Crippen molar-refractivity contribution < 1.29 is 5.11 Å². The van der Waals surface area contributed by atoms with Gasteiger partial charge in [0.1, 0.15) is 0 Å². The van der Waals surface area contributed by atoms with Crippen molar-refractivity contribution in [3.8, 4) is 0 Å². The maximum atomic E-state index is 9.46. The van der Waals surface area contributed by atoms with Crippen LogP contribution in [0.2, 0.25) is 0 Å². The first-order valence-corrected chi connectivity index (χ1v) is 6.72. The van der Waals surface area contributed by atoms with Crippen LogP contribution in [0.3, 0.4) is 0 Å². The number of para-hydroxylation sites is 1. The topological polar surface area (TPSA) is 38.0 Å². The van der Waals surface area contributed by atoms with E-state index in [4.69, 9.17) is 0 Å². The van der Waals surface area contributed by atoms with Crippen molar-refractivity contribution in [2.45, 2.75) is 33.7 Å². The molecule has 2 rings (SSSR count). The monoisotopic (exact) mass is 246 g/mol. The first kappa shape index (κ1) is 13.1. The second kappa shape index (κ2) is 5.53. The summed E-state index contributed by atoms with van der Waals surface area (Å²) >= 11 is 0. The second-order valence-electron chi connectivity index (χ2n) is 5.17. The van der Waals surface area contributed by atoms with Gasteiger partial charge < -0.3 is 5.11 Å². The average Bonchev–Trinajstić information content (AvgIpc) is 2.74. The SMILES string of the molecule is CCn1nc(CC(CO)C(C)C)c2ccccc21. The number of aryl methyl sites for hydroxylation is 1. The number of aliphatic hydroxyl groups is 1. The Kier molecular flexibility index (Phi) is 4.02. The smallest absolute Gasteiger partial charge is 0.0707 e. The minimum atomic E-state index is 0.227. The minimum Gasteiger partial charge on any atom is -0.396 e. The highest BCUT2D eigenvalue weighted by Crippen LogP contribution is 2.23. The molecule has 0 fully saturated rings. The largest absolute Gasteiger partial charge is 0.396 e. The van der Waals surface area contributed by atoms with Crippen molar-refractivity contribution >= 4 is 10.9 Å². The Morgan fingerprint density at radius 3 is 2.61 bits per heavy atom. The van der Waals surface area contributed by atoms with Crippen molar-refractivity contribution in [2.24, 2.45) is 11.8 Å². The zero-order valence-corrected chi connectivity index (χ0v) is 11.4. The number of aromatic nitrogens is 2. The van der Waals surface area contributed by atoms with E-state index in [9.17, 15) is 5.11 Å². The molecule has 2 aromatic rings. The Hall–Kier alpha value is -1.35. The van der Waals surface area contributed by atoms with Gasteiger partial charge in [-0.15, -0.1) is 0 Å². The average molecular weight is 246 g/mol. The van der Waals surface area contributed by atoms with Crippen LogP contribution in [-0.4, -0.2) is 21.5 Å². The molecule has 0 bridgehead atoms. The summed E-state index contributed by atoms with van der Waals surface area (Å²) < 4.78 is 2.04. The summed E-state index contributed by atoms with van der Waals surface area (Å²) in [4.78, 5) is 0. The van der Waals surface area contributed by atoms with Crippen molar-refractivity contribution in [3.63, 3.8) is 0 Å². The molecule has 0 radical (unpaired) electrons. The highest BCUT2D eigenvalue weighted by atomic mass is 16.3. The van der Waals surface area contributed by atoms with Gasteiger partial charge in [-0.1, -0.05) is 32.0 Å². The molecule has 1 N–H and O–H groups in total. The van der Waals surface area contributed by atoms with E-state index in [0.717, 1.165) is 18.7 Å². The zero-order valence-electron chi connectivity index (χ0n) is 11.4. The van der Waals surface area contributed by atoms with E-state index in [1.165, 1.54) is 10.9 Å². The Labute approximate surface area is 108 Å². The number of hydrogen-bond acceptors (Lipinski definition) is 2. The third kappa shape index (κ3) is 2.41. The lowest BCUT2D eigenvalue weighted by atomic mass is 9.91. The van der Waals surface area contributed by atoms with E-state index in [0.29, 0.717) is 5.92 Å². The van der Waals surface area contributed by atoms with Crippen molar-refractivity contribution in [3.05, 3.63) is 30.0 Å². The van der Waals surface area contributed by atoms with Crippen LogP contribution in [0.25, 0.3) is 10.9 Å². The molecular weight excluding hydrogens is 224 g/mol. The third-order valence-electron chi connectivity index (χ3n) is 3.67. The van der Waals surface area contributed by atoms with Crippen LogP contribution in [0, 0.1) is 11.8 Å². The van der Waals surface area contributed by atoms with Crippen LogP contribution in [-0.2, 0) is 13.0 Å². The Morgan fingerprint density at radius 1 is 1.28 bits per heavy atom. The van der Waals surface area contributed by atoms with Crippen LogP contribution >= 0.6 is 0 Å². The van der Waals surface area contributed by atoms with Crippen LogP contribution in [0.15, 0.2) is 24.3 Å². The Bertz CT molecular complexity index is 516. The minimum absolute atomic E-state index is 0.227. The molecule has 0 spiro atoms. The van der Waals surface area contributed by atoms with Crippen LogP contribution < -0.4 is 0 Å². The Balaban J connectivity index is 2.39. The summed E-state index contributed by atoms with van der Waals surface area (Å²) in [5, 5.41) is 15.4. The Morgan fingerprint density at radius 2 is 2.00 bits per heavy atom. The van der Waals surface area contributed by atoms with Crippen LogP contribution in [0.1, 0.15) is 26.5 Å². The van der Waals surface area contributed by atoms with E-state index in [2.05, 4.69) is 44.1 Å². The van der Waals surface area contributed by atoms with Crippen LogP contribution in [0.5, 0.6) is 0 Å². The maximum Gasteiger partial charge on any atom is 0.0707 e. The molecule has 0 saturated heterocycles. The molecule has 0 aliphatic rings. The van der Waals surface area contributed by atoms with Gasteiger partial charge in [-0.25, -0.2) is 0 Å². The first-order valence-electron chi connectivity index (χ1n) is 6.72. The fourth-order valence-electron chi connectivity index (χ4n) is 2.35. The molecule has 1 aromatic heterocycles. The van der Waals surface area contributed by atoms with Gasteiger partial charge in [0, 0.05) is 18.5 Å². The van der Waals surface area contributed by atoms with Gasteiger partial charge in [0.25, 0.3) is 0 Å². The molecule has 0 amide bonds. The van der Waals surface area contributed by atoms with E-state index in [-0.39, 0.29) is 12.5 Å². The van der Waals surface area contributed by atoms with Gasteiger partial charge in [-0.3, -0.25) is 4.68 Å². The number of hydrogen-bond donors (Lipinski definition) is 1. The normalized spacial score (nSPS) is 13.4. The molecule has 3 heteroatoms. The van der Waals surface area contributed by atoms with E-state index >= 15 is 0 Å². The summed E-state index contributed by atoms with van der Waals surface area (Å²) in [5.74, 6) is 0.758. The lowest BCUT2D eigenvalue weighted by Crippen LogP contribution is -2.16. The molecule has 1 heterocycles. The highest BCUT2D eigenvalue weighted by Gasteiger charge is 2.17. The summed E-state index contributed by atoms with van der Waals surface area (Å²) in [7, 11) is 0. The summed E-state index contributed by atoms with van der Waals surface area (Å²) in [5.41, 5.74) is 2.30. The summed E-state index contributed by atoms with van der Waals surface area (Å²) in [6, 6.07) is 8.33. The van der Waals surface area contributed by atoms with E-state index < -0.39 is 0 Å². The third-order valence-corrected chi connectivity index (χ3v) is 3.67. The number of fused-ring (bicyclic) bond motifs is 1. The summed E-state index contributed by atoms with van der Waals surface area (Å²) in [6.07, 6.45) is 0.849. The molecule has 0 aliphatic heterocycles. The number of aliphatic hydroxyl groups excluding tert-OH is 1. The van der Waals surface area contributed by atoms with E-state index in [1.54, 1.807) is 0 Å². The van der Waals surface area contributed by atoms with Gasteiger partial charge in [0.15, 0.2) is 0 Å². The molecule has 98 valence electrons. The molecule has 1 aromatic carbocycles. The standard InChI is InChI=1S/C15H22N2O/c1-4-17-15-8-6-5-7-13(15)14(16-17)9-12(10-18)11(2)3/h5-8,11-12,18H,4,9-10H2,1-3H3. The first-order chi connectivity index (χ1) is 8.67. The van der Waals surface area contributed by atoms with Gasteiger partial charge >= 0.3 is 0 Å². The molecule has 1 unspecified atom stereocenters. The van der Waals surface area contributed by atoms with Crippen LogP contribution in [0.4, 0.5) is 0 Å². The fraction of sp³-hybridized carbons (Fsp3) is 0.533. The van der Waals surface area contributed by atoms with Gasteiger partial charge in [-0.2, -0.15) is 5.10 Å². The molecule has 0 saturated carbocycles. The van der Waals surface area contributed by atoms with Gasteiger partial charge in [0.2, 0.25) is 0 Å². The maximum absolute atomic E-state index is 9.46. The predicted octanol–water partition coefficient (Wildman–Crippen LogP) is 2.86. The fourth-order valence-corrected chi connectivity index (χ4v) is 2.35. The van der Waals surface area contributed by atoms with E-state index in [1.807, 2.05) is 10.7 Å². The second-order valence-corrected chi connectivity index (χ2v) is 5.17. The predicted molar refractivity (Wildman–Crippen MR) is 74.5 cm³/mol. The number of benzene rings is 1. The zero-order chi connectivity index (χ0) is 13.1. The lowest BCUT2D eigenvalue weighted by molar-refractivity contribution is 0.188. The van der Waals surface area contributed by atoms with Crippen molar-refractivity contribution in [2.75, 3.05) is 6.61 Å². The molecule has 18 heavy (non-hydrogen) atoms. The summed E-state index contributed by atoms with van der Waals surface area (Å²) in [6.45, 7) is 7.52. The van der Waals surface area contributed by atoms with Crippen molar-refractivity contribution in [1.29, 1.82) is 0 Å². The molecule has 0 aliphatic carbocycles. The quantitative estimate of drug-likeness (QED) is 0.881. The highest BCUT2D eigenvalue weighted by molar-refractivity contribution is 5.81. The van der Waals surface area contributed by atoms with Gasteiger partial charge in [0.05, 0.1) is 11.2 Å². The molecule has 3 nitrogen and oxygen atoms in total. The lowest BCUT2D eigenvalue weighted by Gasteiger charge is -2.16. The molecular formula is C15H22N2O. The van der Waals surface area contributed by atoms with Gasteiger partial charge in [-0.05, 0) is 31.2 Å². The number of nitrogens with zero attached hydrogens (tertiary/aromatic N) is 2. The number of rotatable bonds is 5. The van der Waals surface area contributed by atoms with Crippen molar-refractivity contribution in [1.82, 2.24) is 9.78 Å². The molecule has 1 atom stereocenters.